The molecule has 0 aliphatic heterocycles. The van der Waals surface area contributed by atoms with Crippen molar-refractivity contribution in [1.82, 2.24) is 0 Å². The second kappa shape index (κ2) is 4.74. The molecule has 100 valence electrons. The molecular weight excluding hydrogens is 252 g/mol. The Morgan fingerprint density at radius 2 is 1.90 bits per heavy atom. The molecule has 0 amide bonds. The van der Waals surface area contributed by atoms with E-state index in [9.17, 15) is 5.21 Å². The standard InChI is InChI=1S/C16H14N2O2/c1-10-13-9-12(17)7-8-14(13)20-16(10)15(18-19)11-5-3-2-4-6-11/h2-9,19H,17H2,1H3/b18-15+. The van der Waals surface area contributed by atoms with Gasteiger partial charge in [0.25, 0.3) is 0 Å². The van der Waals surface area contributed by atoms with E-state index in [2.05, 4.69) is 5.16 Å². The second-order valence-electron chi connectivity index (χ2n) is 4.63. The Hall–Kier alpha value is -2.75. The van der Waals surface area contributed by atoms with Gasteiger partial charge >= 0.3 is 0 Å². The number of rotatable bonds is 2. The van der Waals surface area contributed by atoms with Gasteiger partial charge in [0.05, 0.1) is 0 Å². The van der Waals surface area contributed by atoms with Crippen molar-refractivity contribution < 1.29 is 9.62 Å². The molecule has 3 aromatic rings. The summed E-state index contributed by atoms with van der Waals surface area (Å²) in [6, 6.07) is 14.9. The van der Waals surface area contributed by atoms with Crippen LogP contribution in [0.1, 0.15) is 16.9 Å². The maximum atomic E-state index is 9.34. The molecule has 0 spiro atoms. The highest BCUT2D eigenvalue weighted by atomic mass is 16.4. The maximum Gasteiger partial charge on any atom is 0.160 e. The minimum atomic E-state index is 0.415. The largest absolute Gasteiger partial charge is 0.454 e. The summed E-state index contributed by atoms with van der Waals surface area (Å²) in [4.78, 5) is 0. The number of fused-ring (bicyclic) bond motifs is 1. The minimum Gasteiger partial charge on any atom is -0.454 e. The van der Waals surface area contributed by atoms with Crippen LogP contribution in [0.15, 0.2) is 58.1 Å². The quantitative estimate of drug-likeness (QED) is 0.322. The average molecular weight is 266 g/mol. The van der Waals surface area contributed by atoms with Crippen LogP contribution in [0.2, 0.25) is 0 Å². The number of furan rings is 1. The van der Waals surface area contributed by atoms with Gasteiger partial charge in [-0.2, -0.15) is 0 Å². The van der Waals surface area contributed by atoms with E-state index in [4.69, 9.17) is 10.2 Å². The first-order valence-electron chi connectivity index (χ1n) is 6.27. The molecule has 3 rings (SSSR count). The summed E-state index contributed by atoms with van der Waals surface area (Å²) in [5, 5.41) is 13.7. The monoisotopic (exact) mass is 266 g/mol. The summed E-state index contributed by atoms with van der Waals surface area (Å²) < 4.78 is 5.81. The van der Waals surface area contributed by atoms with E-state index in [-0.39, 0.29) is 0 Å². The average Bonchev–Trinajstić information content (AvgIpc) is 2.78. The summed E-state index contributed by atoms with van der Waals surface area (Å²) in [7, 11) is 0. The number of nitrogens with two attached hydrogens (primary N) is 1. The van der Waals surface area contributed by atoms with Gasteiger partial charge in [-0.05, 0) is 25.1 Å². The number of benzene rings is 2. The summed E-state index contributed by atoms with van der Waals surface area (Å²) in [6.45, 7) is 1.93. The number of nitrogen functional groups attached to an aromatic ring is 1. The normalized spacial score (nSPS) is 11.9. The van der Waals surface area contributed by atoms with Crippen molar-refractivity contribution in [3.05, 3.63) is 65.4 Å². The Kier molecular flexibility index (Phi) is 2.91. The maximum absolute atomic E-state index is 9.34. The van der Waals surface area contributed by atoms with E-state index in [1.165, 1.54) is 0 Å². The van der Waals surface area contributed by atoms with Crippen LogP contribution >= 0.6 is 0 Å². The SMILES string of the molecule is Cc1c(/C(=N/O)c2ccccc2)oc2ccc(N)cc12. The molecule has 1 heterocycles. The third-order valence-electron chi connectivity index (χ3n) is 3.32. The highest BCUT2D eigenvalue weighted by molar-refractivity contribution is 6.13. The lowest BCUT2D eigenvalue weighted by molar-refractivity contribution is 0.318. The predicted octanol–water partition coefficient (Wildman–Crippen LogP) is 3.55. The molecule has 0 atom stereocenters. The van der Waals surface area contributed by atoms with E-state index < -0.39 is 0 Å². The molecule has 4 nitrogen and oxygen atoms in total. The van der Waals surface area contributed by atoms with Crippen molar-refractivity contribution >= 4 is 22.4 Å². The lowest BCUT2D eigenvalue weighted by atomic mass is 10.0. The summed E-state index contributed by atoms with van der Waals surface area (Å²) >= 11 is 0. The molecule has 20 heavy (non-hydrogen) atoms. The Labute approximate surface area is 116 Å². The molecule has 0 saturated heterocycles. The van der Waals surface area contributed by atoms with Crippen molar-refractivity contribution in [1.29, 1.82) is 0 Å². The summed E-state index contributed by atoms with van der Waals surface area (Å²) in [5.74, 6) is 0.555. The minimum absolute atomic E-state index is 0.415. The van der Waals surface area contributed by atoms with Crippen LogP contribution in [0.3, 0.4) is 0 Å². The van der Waals surface area contributed by atoms with Crippen LogP contribution in [0, 0.1) is 6.92 Å². The molecule has 0 unspecified atom stereocenters. The van der Waals surface area contributed by atoms with Gasteiger partial charge in [-0.3, -0.25) is 0 Å². The fourth-order valence-corrected chi connectivity index (χ4v) is 2.29. The smallest absolute Gasteiger partial charge is 0.160 e. The van der Waals surface area contributed by atoms with Gasteiger partial charge in [0.15, 0.2) is 11.5 Å². The Morgan fingerprint density at radius 1 is 1.15 bits per heavy atom. The molecule has 4 heteroatoms. The van der Waals surface area contributed by atoms with E-state index in [0.29, 0.717) is 17.2 Å². The lowest BCUT2D eigenvalue weighted by Gasteiger charge is -2.02. The Bertz CT molecular complexity index is 789. The van der Waals surface area contributed by atoms with Crippen molar-refractivity contribution in [3.8, 4) is 0 Å². The highest BCUT2D eigenvalue weighted by Gasteiger charge is 2.18. The predicted molar refractivity (Wildman–Crippen MR) is 79.2 cm³/mol. The van der Waals surface area contributed by atoms with E-state index >= 15 is 0 Å². The molecule has 3 N–H and O–H groups in total. The topological polar surface area (TPSA) is 71.8 Å². The molecule has 0 aliphatic carbocycles. The van der Waals surface area contributed by atoms with Gasteiger partial charge in [-0.1, -0.05) is 35.5 Å². The fraction of sp³-hybridized carbons (Fsp3) is 0.0625. The number of nitrogens with zero attached hydrogens (tertiary/aromatic N) is 1. The van der Waals surface area contributed by atoms with Gasteiger partial charge in [0, 0.05) is 22.2 Å². The summed E-state index contributed by atoms with van der Waals surface area (Å²) in [6.07, 6.45) is 0. The molecule has 1 aromatic heterocycles. The zero-order valence-electron chi connectivity index (χ0n) is 11.0. The molecular formula is C16H14N2O2. The van der Waals surface area contributed by atoms with Crippen LogP contribution in [-0.4, -0.2) is 10.9 Å². The van der Waals surface area contributed by atoms with E-state index in [1.54, 1.807) is 6.07 Å². The van der Waals surface area contributed by atoms with Gasteiger partial charge in [-0.15, -0.1) is 0 Å². The third kappa shape index (κ3) is 1.91. The molecule has 0 saturated carbocycles. The Morgan fingerprint density at radius 3 is 2.60 bits per heavy atom. The van der Waals surface area contributed by atoms with Gasteiger partial charge in [0.2, 0.25) is 0 Å². The molecule has 0 fully saturated rings. The number of aryl methyl sites for hydroxylation is 1. The first-order chi connectivity index (χ1) is 9.70. The van der Waals surface area contributed by atoms with Crippen LogP contribution in [0.5, 0.6) is 0 Å². The Balaban J connectivity index is 2.21. The van der Waals surface area contributed by atoms with E-state index in [1.807, 2.05) is 49.4 Å². The first kappa shape index (κ1) is 12.3. The molecule has 0 bridgehead atoms. The number of oxime groups is 1. The van der Waals surface area contributed by atoms with Gasteiger partial charge in [-0.25, -0.2) is 0 Å². The number of hydrogen-bond acceptors (Lipinski definition) is 4. The molecule has 2 aromatic carbocycles. The fourth-order valence-electron chi connectivity index (χ4n) is 2.29. The highest BCUT2D eigenvalue weighted by Crippen LogP contribution is 2.28. The second-order valence-corrected chi connectivity index (χ2v) is 4.63. The number of hydrogen-bond donors (Lipinski definition) is 2. The van der Waals surface area contributed by atoms with Crippen molar-refractivity contribution in [2.75, 3.05) is 5.73 Å². The molecule has 0 aliphatic rings. The first-order valence-corrected chi connectivity index (χ1v) is 6.27. The van der Waals surface area contributed by atoms with Crippen molar-refractivity contribution in [2.24, 2.45) is 5.16 Å². The van der Waals surface area contributed by atoms with Gasteiger partial charge < -0.3 is 15.4 Å². The van der Waals surface area contributed by atoms with Crippen LogP contribution in [-0.2, 0) is 0 Å². The van der Waals surface area contributed by atoms with Crippen LogP contribution < -0.4 is 5.73 Å². The van der Waals surface area contributed by atoms with Crippen molar-refractivity contribution in [3.63, 3.8) is 0 Å². The van der Waals surface area contributed by atoms with Gasteiger partial charge in [0.1, 0.15) is 5.58 Å². The zero-order chi connectivity index (χ0) is 14.1. The number of anilines is 1. The molecule has 0 radical (unpaired) electrons. The third-order valence-corrected chi connectivity index (χ3v) is 3.32. The summed E-state index contributed by atoms with van der Waals surface area (Å²) in [5.41, 5.74) is 9.32. The van der Waals surface area contributed by atoms with Crippen molar-refractivity contribution in [2.45, 2.75) is 6.92 Å². The lowest BCUT2D eigenvalue weighted by Crippen LogP contribution is -2.03. The zero-order valence-corrected chi connectivity index (χ0v) is 11.0. The van der Waals surface area contributed by atoms with E-state index in [0.717, 1.165) is 22.1 Å². The van der Waals surface area contributed by atoms with Crippen LogP contribution in [0.25, 0.3) is 11.0 Å². The van der Waals surface area contributed by atoms with Crippen LogP contribution in [0.4, 0.5) is 5.69 Å².